The molecule has 0 spiro atoms. The fraction of sp³-hybridized carbons (Fsp3) is 0.190. The molecular weight excluding hydrogens is 310 g/mol. The van der Waals surface area contributed by atoms with Crippen molar-refractivity contribution in [3.8, 4) is 11.3 Å². The Bertz CT molecular complexity index is 1140. The van der Waals surface area contributed by atoms with Crippen LogP contribution in [-0.4, -0.2) is 13.1 Å². The van der Waals surface area contributed by atoms with E-state index in [9.17, 15) is 0 Å². The fourth-order valence-electron chi connectivity index (χ4n) is 3.23. The molecule has 2 aromatic carbocycles. The highest BCUT2D eigenvalue weighted by molar-refractivity contribution is 6.90. The molecule has 120 valence electrons. The molecule has 0 aliphatic carbocycles. The number of furan rings is 1. The van der Waals surface area contributed by atoms with Crippen molar-refractivity contribution in [3.05, 3.63) is 60.3 Å². The van der Waals surface area contributed by atoms with Gasteiger partial charge in [-0.3, -0.25) is 4.98 Å². The van der Waals surface area contributed by atoms with Gasteiger partial charge in [-0.2, -0.15) is 0 Å². The molecule has 0 radical (unpaired) electrons. The molecule has 24 heavy (non-hydrogen) atoms. The Kier molecular flexibility index (Phi) is 2.67. The van der Waals surface area contributed by atoms with Gasteiger partial charge in [-0.15, -0.1) is 0 Å². The highest BCUT2D eigenvalue weighted by Crippen LogP contribution is 2.35. The van der Waals surface area contributed by atoms with Gasteiger partial charge in [0.15, 0.2) is 0 Å². The van der Waals surface area contributed by atoms with Crippen LogP contribution in [0.3, 0.4) is 0 Å². The van der Waals surface area contributed by atoms with E-state index in [2.05, 4.69) is 42.8 Å². The van der Waals surface area contributed by atoms with Gasteiger partial charge in [0.05, 0.1) is 13.8 Å². The van der Waals surface area contributed by atoms with Gasteiger partial charge in [0.2, 0.25) is 0 Å². The molecule has 4 rings (SSSR count). The number of rotatable bonds is 2. The smallest absolute Gasteiger partial charge is 0.144 e. The number of fused-ring (bicyclic) bond motifs is 3. The van der Waals surface area contributed by atoms with Crippen LogP contribution in [0, 0.1) is 6.85 Å². The molecule has 2 aromatic heterocycles. The van der Waals surface area contributed by atoms with Crippen molar-refractivity contribution >= 4 is 35.2 Å². The van der Waals surface area contributed by atoms with E-state index in [1.165, 1.54) is 16.8 Å². The van der Waals surface area contributed by atoms with Gasteiger partial charge in [-0.05, 0) is 35.8 Å². The molecule has 3 heteroatoms. The molecule has 4 aromatic rings. The first-order valence-corrected chi connectivity index (χ1v) is 11.6. The lowest BCUT2D eigenvalue weighted by Gasteiger charge is -2.17. The van der Waals surface area contributed by atoms with Gasteiger partial charge < -0.3 is 4.42 Å². The van der Waals surface area contributed by atoms with Crippen molar-refractivity contribution in [2.24, 2.45) is 0 Å². The third-order valence-electron chi connectivity index (χ3n) is 4.37. The normalized spacial score (nSPS) is 14.5. The zero-order valence-corrected chi connectivity index (χ0v) is 15.1. The second-order valence-electron chi connectivity index (χ2n) is 7.15. The fourth-order valence-corrected chi connectivity index (χ4v) is 4.83. The van der Waals surface area contributed by atoms with Crippen LogP contribution < -0.4 is 5.19 Å². The molecule has 0 saturated carbocycles. The van der Waals surface area contributed by atoms with E-state index in [-0.39, 0.29) is 5.56 Å². The van der Waals surface area contributed by atoms with E-state index in [0.717, 1.165) is 22.1 Å². The van der Waals surface area contributed by atoms with Gasteiger partial charge in [-0.1, -0.05) is 50.0 Å². The van der Waals surface area contributed by atoms with E-state index < -0.39 is 14.9 Å². The zero-order chi connectivity index (χ0) is 19.4. The van der Waals surface area contributed by atoms with Crippen LogP contribution in [-0.2, 0) is 0 Å². The molecule has 2 heterocycles. The molecule has 0 saturated heterocycles. The van der Waals surface area contributed by atoms with Gasteiger partial charge in [0, 0.05) is 26.6 Å². The van der Waals surface area contributed by atoms with E-state index in [1.807, 2.05) is 18.2 Å². The van der Waals surface area contributed by atoms with Crippen molar-refractivity contribution in [3.63, 3.8) is 0 Å². The number of nitrogens with zero attached hydrogens (tertiary/aromatic N) is 1. The molecule has 0 bridgehead atoms. The average Bonchev–Trinajstić information content (AvgIpc) is 2.99. The molecule has 0 aliphatic heterocycles. The first kappa shape index (κ1) is 12.0. The van der Waals surface area contributed by atoms with Gasteiger partial charge in [0.25, 0.3) is 0 Å². The highest BCUT2D eigenvalue weighted by Gasteiger charge is 2.23. The standard InChI is InChI=1S/C21H21NOSi/c1-14-11-12-17(22-13-14)15-7-5-8-16-20-18(23-21(15)16)9-6-10-19(20)24(2,3)4/h5-13H,1-4H3/i1D3. The number of para-hydroxylation sites is 1. The van der Waals surface area contributed by atoms with Crippen LogP contribution in [0.1, 0.15) is 9.68 Å². The summed E-state index contributed by atoms with van der Waals surface area (Å²) in [7, 11) is -1.54. The van der Waals surface area contributed by atoms with Crippen LogP contribution in [0.5, 0.6) is 0 Å². The minimum absolute atomic E-state index is 0.240. The highest BCUT2D eigenvalue weighted by atomic mass is 28.3. The van der Waals surface area contributed by atoms with Crippen molar-refractivity contribution in [1.82, 2.24) is 4.98 Å². The Hall–Kier alpha value is -2.39. The number of pyridine rings is 1. The maximum Gasteiger partial charge on any atom is 0.144 e. The van der Waals surface area contributed by atoms with Crippen molar-refractivity contribution < 1.29 is 8.53 Å². The largest absolute Gasteiger partial charge is 0.455 e. The van der Waals surface area contributed by atoms with Crippen molar-refractivity contribution in [1.29, 1.82) is 0 Å². The van der Waals surface area contributed by atoms with Gasteiger partial charge in [0.1, 0.15) is 11.2 Å². The summed E-state index contributed by atoms with van der Waals surface area (Å²) in [6.45, 7) is 4.85. The first-order chi connectivity index (χ1) is 12.7. The van der Waals surface area contributed by atoms with Gasteiger partial charge in [-0.25, -0.2) is 0 Å². The Morgan fingerprint density at radius 2 is 1.83 bits per heavy atom. The van der Waals surface area contributed by atoms with E-state index in [1.54, 1.807) is 12.1 Å². The van der Waals surface area contributed by atoms with Crippen LogP contribution in [0.2, 0.25) is 19.6 Å². The topological polar surface area (TPSA) is 26.0 Å². The molecule has 0 aliphatic rings. The van der Waals surface area contributed by atoms with Crippen molar-refractivity contribution in [2.45, 2.75) is 26.5 Å². The molecule has 0 unspecified atom stereocenters. The average molecular weight is 335 g/mol. The summed E-state index contributed by atoms with van der Waals surface area (Å²) in [6, 6.07) is 15.7. The van der Waals surface area contributed by atoms with Gasteiger partial charge >= 0.3 is 0 Å². The number of aromatic nitrogens is 1. The summed E-state index contributed by atoms with van der Waals surface area (Å²) in [4.78, 5) is 4.40. The zero-order valence-electron chi connectivity index (χ0n) is 17.1. The van der Waals surface area contributed by atoms with Crippen LogP contribution in [0.4, 0.5) is 0 Å². The minimum atomic E-state index is -2.15. The molecule has 0 N–H and O–H groups in total. The number of benzene rings is 2. The molecule has 0 fully saturated rings. The van der Waals surface area contributed by atoms with E-state index in [4.69, 9.17) is 8.53 Å². The SMILES string of the molecule is [2H]C([2H])([2H])c1ccc(-c2cccc3c2oc2cccc([Si](C)(C)C)c23)nc1. The summed E-state index contributed by atoms with van der Waals surface area (Å²) >= 11 is 0. The Morgan fingerprint density at radius 1 is 1.00 bits per heavy atom. The van der Waals surface area contributed by atoms with Crippen LogP contribution >= 0.6 is 0 Å². The second-order valence-corrected chi connectivity index (χ2v) is 12.2. The quantitative estimate of drug-likeness (QED) is 0.452. The van der Waals surface area contributed by atoms with Crippen LogP contribution in [0.15, 0.2) is 59.1 Å². The number of hydrogen-bond donors (Lipinski definition) is 0. The third-order valence-corrected chi connectivity index (χ3v) is 6.40. The molecule has 2 nitrogen and oxygen atoms in total. The summed E-state index contributed by atoms with van der Waals surface area (Å²) in [5.41, 5.74) is 3.51. The molecular formula is C21H21NOSi. The predicted molar refractivity (Wildman–Crippen MR) is 105 cm³/mol. The summed E-state index contributed by atoms with van der Waals surface area (Å²) in [6.07, 6.45) is 1.43. The maximum absolute atomic E-state index is 7.51. The molecule has 0 amide bonds. The second kappa shape index (κ2) is 5.31. The monoisotopic (exact) mass is 334 g/mol. The minimum Gasteiger partial charge on any atom is -0.455 e. The summed E-state index contributed by atoms with van der Waals surface area (Å²) < 4.78 is 28.8. The predicted octanol–water partition coefficient (Wildman–Crippen LogP) is 5.50. The lowest BCUT2D eigenvalue weighted by molar-refractivity contribution is 0.670. The summed E-state index contributed by atoms with van der Waals surface area (Å²) in [5, 5.41) is 3.65. The third kappa shape index (κ3) is 2.36. The number of aryl methyl sites for hydroxylation is 1. The lowest BCUT2D eigenvalue weighted by atomic mass is 10.1. The number of hydrogen-bond acceptors (Lipinski definition) is 2. The van der Waals surface area contributed by atoms with E-state index in [0.29, 0.717) is 5.69 Å². The Labute approximate surface area is 147 Å². The maximum atomic E-state index is 7.51. The lowest BCUT2D eigenvalue weighted by Crippen LogP contribution is -2.37. The summed E-state index contributed by atoms with van der Waals surface area (Å²) in [5.74, 6) is 0. The van der Waals surface area contributed by atoms with Crippen molar-refractivity contribution in [2.75, 3.05) is 0 Å². The molecule has 0 atom stereocenters. The van der Waals surface area contributed by atoms with E-state index >= 15 is 0 Å². The Morgan fingerprint density at radius 3 is 2.54 bits per heavy atom. The first-order valence-electron chi connectivity index (χ1n) is 9.58. The van der Waals surface area contributed by atoms with Crippen LogP contribution in [0.25, 0.3) is 33.2 Å². The Balaban J connectivity index is 1.96.